The maximum atomic E-state index is 14.3. The number of hydrogen-bond acceptors (Lipinski definition) is 4. The summed E-state index contributed by atoms with van der Waals surface area (Å²) in [4.78, 5) is 43.9. The van der Waals surface area contributed by atoms with E-state index in [2.05, 4.69) is 67.8 Å². The summed E-state index contributed by atoms with van der Waals surface area (Å²) >= 11 is 0. The van der Waals surface area contributed by atoms with Crippen molar-refractivity contribution in [2.75, 3.05) is 16.8 Å². The van der Waals surface area contributed by atoms with Crippen LogP contribution in [0.25, 0.3) is 21.9 Å². The lowest BCUT2D eigenvalue weighted by atomic mass is 9.80. The molecule has 0 saturated heterocycles. The molecule has 0 fully saturated rings. The van der Waals surface area contributed by atoms with Gasteiger partial charge in [0.15, 0.2) is 0 Å². The maximum Gasteiger partial charge on any atom is 0.252 e. The van der Waals surface area contributed by atoms with Gasteiger partial charge in [-0.15, -0.1) is 0 Å². The first kappa shape index (κ1) is 25.9. The highest BCUT2D eigenvalue weighted by Gasteiger charge is 2.43. The predicted molar refractivity (Wildman–Crippen MR) is 152 cm³/mol. The topological polar surface area (TPSA) is 81.8 Å². The lowest BCUT2D eigenvalue weighted by molar-refractivity contribution is -0.129. The Morgan fingerprint density at radius 2 is 1.74 bits per heavy atom. The molecular weight excluding hydrogens is 476 g/mol. The number of likely N-dealkylation sites (N-methyl/N-ethyl adjacent to an activating group) is 1. The lowest BCUT2D eigenvalue weighted by Crippen LogP contribution is -2.59. The summed E-state index contributed by atoms with van der Waals surface area (Å²) in [6.45, 7) is 11.9. The van der Waals surface area contributed by atoms with Crippen molar-refractivity contribution in [2.45, 2.75) is 71.6 Å². The van der Waals surface area contributed by atoms with Gasteiger partial charge in [0, 0.05) is 6.92 Å². The number of anilines is 2. The Morgan fingerprint density at radius 1 is 1.03 bits per heavy atom. The van der Waals surface area contributed by atoms with Crippen LogP contribution in [-0.2, 0) is 26.3 Å². The normalized spacial score (nSPS) is 19.5. The standard InChI is InChI=1S/C31H36N4O3/c1-17(32-7)29(37)33-28-18(2)35(19(3)36)27-15-25(31(4,5)6)23-14-26(27)34(30(28)38)16-24-21-11-9-8-10-20(21)12-13-22(23)24/h8-15,17-18,28,32H,16H2,1-7H3,(H,33,37)/t17-,18-,28?/m0/s1. The third-order valence-electron chi connectivity index (χ3n) is 8.01. The zero-order chi connectivity index (χ0) is 27.5. The van der Waals surface area contributed by atoms with E-state index in [1.807, 2.05) is 19.1 Å². The van der Waals surface area contributed by atoms with Crippen LogP contribution in [0.2, 0.25) is 0 Å². The minimum absolute atomic E-state index is 0.177. The number of benzene rings is 3. The van der Waals surface area contributed by atoms with Crippen LogP contribution in [-0.4, -0.2) is 42.9 Å². The second-order valence-electron chi connectivity index (χ2n) is 11.5. The molecule has 2 N–H and O–H groups in total. The quantitative estimate of drug-likeness (QED) is 0.542. The van der Waals surface area contributed by atoms with E-state index in [-0.39, 0.29) is 23.1 Å². The van der Waals surface area contributed by atoms with E-state index < -0.39 is 18.1 Å². The average Bonchev–Trinajstić information content (AvgIpc) is 3.06. The van der Waals surface area contributed by atoms with Gasteiger partial charge in [-0.3, -0.25) is 14.4 Å². The van der Waals surface area contributed by atoms with Gasteiger partial charge in [0.05, 0.1) is 30.0 Å². The third kappa shape index (κ3) is 4.06. The predicted octanol–water partition coefficient (Wildman–Crippen LogP) is 4.50. The highest BCUT2D eigenvalue weighted by molar-refractivity contribution is 6.11. The minimum Gasteiger partial charge on any atom is -0.341 e. The number of hydrogen-bond donors (Lipinski definition) is 2. The fourth-order valence-corrected chi connectivity index (χ4v) is 5.82. The van der Waals surface area contributed by atoms with Gasteiger partial charge in [0.25, 0.3) is 5.91 Å². The average molecular weight is 513 g/mol. The molecular formula is C31H36N4O3. The Balaban J connectivity index is 1.81. The number of nitrogens with zero attached hydrogens (tertiary/aromatic N) is 2. The van der Waals surface area contributed by atoms with Crippen LogP contribution in [0.1, 0.15) is 52.7 Å². The van der Waals surface area contributed by atoms with E-state index >= 15 is 0 Å². The van der Waals surface area contributed by atoms with E-state index in [0.29, 0.717) is 17.9 Å². The van der Waals surface area contributed by atoms with E-state index in [1.54, 1.807) is 23.8 Å². The molecule has 2 aliphatic heterocycles. The summed E-state index contributed by atoms with van der Waals surface area (Å²) in [6, 6.07) is 14.7. The molecule has 3 aromatic carbocycles. The molecule has 2 bridgehead atoms. The number of fused-ring (bicyclic) bond motifs is 5. The van der Waals surface area contributed by atoms with Crippen molar-refractivity contribution in [3.63, 3.8) is 0 Å². The van der Waals surface area contributed by atoms with Crippen LogP contribution in [0.5, 0.6) is 0 Å². The zero-order valence-corrected chi connectivity index (χ0v) is 23.2. The van der Waals surface area contributed by atoms with Gasteiger partial charge >= 0.3 is 0 Å². The molecule has 0 aliphatic carbocycles. The SMILES string of the molecule is CN[C@@H](C)C(=O)NC1C(=O)N2Cc3c(ccc4ccccc34)-c3cc2c(cc3C(C)(C)C)N(C(C)=O)[C@H]1C. The van der Waals surface area contributed by atoms with Crippen LogP contribution < -0.4 is 20.4 Å². The fourth-order valence-electron chi connectivity index (χ4n) is 5.82. The second kappa shape index (κ2) is 9.24. The Kier molecular flexibility index (Phi) is 6.30. The van der Waals surface area contributed by atoms with Gasteiger partial charge < -0.3 is 20.4 Å². The summed E-state index contributed by atoms with van der Waals surface area (Å²) < 4.78 is 0. The summed E-state index contributed by atoms with van der Waals surface area (Å²) in [7, 11) is 1.70. The van der Waals surface area contributed by atoms with Crippen LogP contribution in [0.4, 0.5) is 11.4 Å². The van der Waals surface area contributed by atoms with Crippen molar-refractivity contribution in [2.24, 2.45) is 0 Å². The Hall–Kier alpha value is -3.71. The van der Waals surface area contributed by atoms with Crippen LogP contribution in [0, 0.1) is 0 Å². The molecule has 198 valence electrons. The Labute approximate surface area is 224 Å². The largest absolute Gasteiger partial charge is 0.341 e. The first-order valence-electron chi connectivity index (χ1n) is 13.2. The van der Waals surface area contributed by atoms with Crippen LogP contribution in [0.15, 0.2) is 48.5 Å². The van der Waals surface area contributed by atoms with Gasteiger partial charge in [-0.2, -0.15) is 0 Å². The zero-order valence-electron chi connectivity index (χ0n) is 23.2. The first-order chi connectivity index (χ1) is 17.9. The molecule has 5 rings (SSSR count). The molecule has 0 radical (unpaired) electrons. The molecule has 3 amide bonds. The third-order valence-corrected chi connectivity index (χ3v) is 8.01. The van der Waals surface area contributed by atoms with Gasteiger partial charge in [-0.1, -0.05) is 57.2 Å². The number of carbonyl (C=O) groups excluding carboxylic acids is 3. The number of carbonyl (C=O) groups is 3. The highest BCUT2D eigenvalue weighted by atomic mass is 16.2. The molecule has 1 unspecified atom stereocenters. The molecule has 3 aromatic rings. The maximum absolute atomic E-state index is 14.3. The van der Waals surface area contributed by atoms with Crippen molar-refractivity contribution in [3.05, 3.63) is 59.7 Å². The molecule has 7 nitrogen and oxygen atoms in total. The molecule has 38 heavy (non-hydrogen) atoms. The summed E-state index contributed by atoms with van der Waals surface area (Å²) in [5.74, 6) is -0.692. The monoisotopic (exact) mass is 512 g/mol. The first-order valence-corrected chi connectivity index (χ1v) is 13.2. The summed E-state index contributed by atoms with van der Waals surface area (Å²) in [5.41, 5.74) is 5.49. The van der Waals surface area contributed by atoms with Crippen molar-refractivity contribution in [1.29, 1.82) is 0 Å². The minimum atomic E-state index is -0.910. The number of rotatable bonds is 3. The van der Waals surface area contributed by atoms with E-state index in [4.69, 9.17) is 0 Å². The number of amides is 3. The lowest BCUT2D eigenvalue weighted by Gasteiger charge is -2.33. The van der Waals surface area contributed by atoms with E-state index in [9.17, 15) is 14.4 Å². The van der Waals surface area contributed by atoms with Gasteiger partial charge in [0.1, 0.15) is 6.04 Å². The van der Waals surface area contributed by atoms with Gasteiger partial charge in [0.2, 0.25) is 11.8 Å². The van der Waals surface area contributed by atoms with Gasteiger partial charge in [-0.05, 0) is 71.5 Å². The molecule has 3 atom stereocenters. The second-order valence-corrected chi connectivity index (χ2v) is 11.5. The smallest absolute Gasteiger partial charge is 0.252 e. The Morgan fingerprint density at radius 3 is 2.39 bits per heavy atom. The van der Waals surface area contributed by atoms with Crippen LogP contribution in [0.3, 0.4) is 0 Å². The van der Waals surface area contributed by atoms with Crippen molar-refractivity contribution in [1.82, 2.24) is 10.6 Å². The number of nitrogens with one attached hydrogen (secondary N) is 2. The molecule has 0 saturated carbocycles. The van der Waals surface area contributed by atoms with Crippen molar-refractivity contribution >= 4 is 39.9 Å². The van der Waals surface area contributed by atoms with Crippen LogP contribution >= 0.6 is 0 Å². The van der Waals surface area contributed by atoms with Gasteiger partial charge in [-0.25, -0.2) is 0 Å². The van der Waals surface area contributed by atoms with E-state index in [1.165, 1.54) is 6.92 Å². The molecule has 2 aliphatic rings. The van der Waals surface area contributed by atoms with Crippen molar-refractivity contribution < 1.29 is 14.4 Å². The molecule has 2 heterocycles. The summed E-state index contributed by atoms with van der Waals surface area (Å²) in [5, 5.41) is 8.08. The Bertz CT molecular complexity index is 1470. The molecule has 0 aromatic heterocycles. The van der Waals surface area contributed by atoms with Crippen molar-refractivity contribution in [3.8, 4) is 11.1 Å². The fraction of sp³-hybridized carbons (Fsp3) is 0.387. The molecule has 0 spiro atoms. The molecule has 7 heteroatoms. The van der Waals surface area contributed by atoms with E-state index in [0.717, 1.165) is 33.0 Å². The highest BCUT2D eigenvalue weighted by Crippen LogP contribution is 2.48. The summed E-state index contributed by atoms with van der Waals surface area (Å²) in [6.07, 6.45) is 0.